The van der Waals surface area contributed by atoms with Crippen LogP contribution in [0, 0.1) is 17.2 Å². The van der Waals surface area contributed by atoms with E-state index in [-0.39, 0.29) is 11.7 Å². The van der Waals surface area contributed by atoms with Gasteiger partial charge in [-0.25, -0.2) is 0 Å². The molecule has 1 N–H and O–H groups in total. The molecule has 0 fully saturated rings. The second kappa shape index (κ2) is 4.51. The standard InChI is InChI=1S/C11H13NO/c1-2-9(8-12)7-10-3-5-11(13)6-4-10/h3-6,9,13H,2,7H2,1H3. The number of nitrogens with zero attached hydrogens (tertiary/aromatic N) is 1. The van der Waals surface area contributed by atoms with Crippen molar-refractivity contribution in [2.24, 2.45) is 5.92 Å². The summed E-state index contributed by atoms with van der Waals surface area (Å²) in [5, 5.41) is 17.8. The average Bonchev–Trinajstić information content (AvgIpc) is 2.17. The molecule has 2 heteroatoms. The highest BCUT2D eigenvalue weighted by Crippen LogP contribution is 2.14. The van der Waals surface area contributed by atoms with Gasteiger partial charge < -0.3 is 5.11 Å². The number of benzene rings is 1. The van der Waals surface area contributed by atoms with Gasteiger partial charge in [0, 0.05) is 0 Å². The zero-order valence-electron chi connectivity index (χ0n) is 7.70. The first-order chi connectivity index (χ1) is 6.26. The summed E-state index contributed by atoms with van der Waals surface area (Å²) >= 11 is 0. The summed E-state index contributed by atoms with van der Waals surface area (Å²) in [6, 6.07) is 9.27. The number of aromatic hydroxyl groups is 1. The molecule has 1 unspecified atom stereocenters. The fraction of sp³-hybridized carbons (Fsp3) is 0.364. The van der Waals surface area contributed by atoms with Crippen LogP contribution in [0.4, 0.5) is 0 Å². The Morgan fingerprint density at radius 2 is 2.00 bits per heavy atom. The van der Waals surface area contributed by atoms with E-state index in [9.17, 15) is 0 Å². The molecule has 0 amide bonds. The lowest BCUT2D eigenvalue weighted by atomic mass is 9.98. The second-order valence-corrected chi connectivity index (χ2v) is 3.10. The summed E-state index contributed by atoms with van der Waals surface area (Å²) in [5.41, 5.74) is 1.10. The summed E-state index contributed by atoms with van der Waals surface area (Å²) in [6.45, 7) is 2.01. The number of phenols is 1. The molecule has 0 aliphatic rings. The van der Waals surface area contributed by atoms with Crippen molar-refractivity contribution in [2.45, 2.75) is 19.8 Å². The molecule has 0 radical (unpaired) electrons. The van der Waals surface area contributed by atoms with E-state index in [1.54, 1.807) is 12.1 Å². The highest BCUT2D eigenvalue weighted by molar-refractivity contribution is 5.26. The molecule has 13 heavy (non-hydrogen) atoms. The molecule has 0 saturated carbocycles. The first-order valence-corrected chi connectivity index (χ1v) is 4.43. The summed E-state index contributed by atoms with van der Waals surface area (Å²) in [5.74, 6) is 0.360. The SMILES string of the molecule is CCC(C#N)Cc1ccc(O)cc1. The minimum atomic E-state index is 0.0875. The van der Waals surface area contributed by atoms with Crippen LogP contribution in [0.1, 0.15) is 18.9 Å². The van der Waals surface area contributed by atoms with E-state index < -0.39 is 0 Å². The van der Waals surface area contributed by atoms with Gasteiger partial charge in [0.25, 0.3) is 0 Å². The van der Waals surface area contributed by atoms with E-state index in [0.29, 0.717) is 0 Å². The first-order valence-electron chi connectivity index (χ1n) is 4.43. The topological polar surface area (TPSA) is 44.0 Å². The van der Waals surface area contributed by atoms with Crippen LogP contribution in [0.2, 0.25) is 0 Å². The van der Waals surface area contributed by atoms with Gasteiger partial charge in [0.2, 0.25) is 0 Å². The zero-order valence-corrected chi connectivity index (χ0v) is 7.70. The maximum absolute atomic E-state index is 9.04. The Balaban J connectivity index is 2.64. The van der Waals surface area contributed by atoms with E-state index >= 15 is 0 Å². The molecule has 1 aromatic rings. The molecule has 1 atom stereocenters. The average molecular weight is 175 g/mol. The van der Waals surface area contributed by atoms with Crippen LogP contribution in [0.25, 0.3) is 0 Å². The molecule has 0 bridgehead atoms. The maximum Gasteiger partial charge on any atom is 0.115 e. The molecular formula is C11H13NO. The lowest BCUT2D eigenvalue weighted by Gasteiger charge is -2.05. The summed E-state index contributed by atoms with van der Waals surface area (Å²) in [7, 11) is 0. The molecular weight excluding hydrogens is 162 g/mol. The Hall–Kier alpha value is -1.49. The number of rotatable bonds is 3. The van der Waals surface area contributed by atoms with E-state index in [4.69, 9.17) is 10.4 Å². The Morgan fingerprint density at radius 3 is 2.46 bits per heavy atom. The fourth-order valence-electron chi connectivity index (χ4n) is 1.20. The monoisotopic (exact) mass is 175 g/mol. The van der Waals surface area contributed by atoms with Crippen molar-refractivity contribution >= 4 is 0 Å². The largest absolute Gasteiger partial charge is 0.508 e. The number of phenolic OH excluding ortho intramolecular Hbond substituents is 1. The zero-order chi connectivity index (χ0) is 9.68. The third-order valence-corrected chi connectivity index (χ3v) is 2.09. The summed E-state index contributed by atoms with van der Waals surface area (Å²) in [4.78, 5) is 0. The van der Waals surface area contributed by atoms with Crippen molar-refractivity contribution < 1.29 is 5.11 Å². The Labute approximate surface area is 78.4 Å². The predicted molar refractivity (Wildman–Crippen MR) is 51.2 cm³/mol. The molecule has 0 aromatic heterocycles. The van der Waals surface area contributed by atoms with Crippen molar-refractivity contribution in [1.82, 2.24) is 0 Å². The van der Waals surface area contributed by atoms with Crippen LogP contribution in [0.3, 0.4) is 0 Å². The lowest BCUT2D eigenvalue weighted by molar-refractivity contribution is 0.475. The van der Waals surface area contributed by atoms with E-state index in [0.717, 1.165) is 18.4 Å². The van der Waals surface area contributed by atoms with Gasteiger partial charge in [-0.3, -0.25) is 0 Å². The van der Waals surface area contributed by atoms with Gasteiger partial charge in [0.15, 0.2) is 0 Å². The third kappa shape index (κ3) is 2.79. The number of hydrogen-bond acceptors (Lipinski definition) is 2. The van der Waals surface area contributed by atoms with Gasteiger partial charge in [0.1, 0.15) is 5.75 Å². The number of hydrogen-bond donors (Lipinski definition) is 1. The normalized spacial score (nSPS) is 12.0. The van der Waals surface area contributed by atoms with E-state index in [1.807, 2.05) is 19.1 Å². The van der Waals surface area contributed by atoms with Gasteiger partial charge in [-0.2, -0.15) is 5.26 Å². The van der Waals surface area contributed by atoms with Crippen molar-refractivity contribution in [3.63, 3.8) is 0 Å². The molecule has 0 aliphatic heterocycles. The number of nitriles is 1. The molecule has 1 rings (SSSR count). The van der Waals surface area contributed by atoms with Crippen molar-refractivity contribution in [3.8, 4) is 11.8 Å². The van der Waals surface area contributed by atoms with Crippen molar-refractivity contribution in [3.05, 3.63) is 29.8 Å². The molecule has 0 spiro atoms. The van der Waals surface area contributed by atoms with Gasteiger partial charge in [-0.1, -0.05) is 19.1 Å². The second-order valence-electron chi connectivity index (χ2n) is 3.10. The van der Waals surface area contributed by atoms with E-state index in [1.165, 1.54) is 0 Å². The molecule has 0 heterocycles. The van der Waals surface area contributed by atoms with Crippen molar-refractivity contribution in [2.75, 3.05) is 0 Å². The summed E-state index contributed by atoms with van der Waals surface area (Å²) in [6.07, 6.45) is 1.64. The molecule has 2 nitrogen and oxygen atoms in total. The van der Waals surface area contributed by atoms with Crippen LogP contribution in [-0.2, 0) is 6.42 Å². The molecule has 0 aliphatic carbocycles. The van der Waals surface area contributed by atoms with E-state index in [2.05, 4.69) is 6.07 Å². The summed E-state index contributed by atoms with van der Waals surface area (Å²) < 4.78 is 0. The Kier molecular flexibility index (Phi) is 3.33. The molecule has 1 aromatic carbocycles. The smallest absolute Gasteiger partial charge is 0.115 e. The van der Waals surface area contributed by atoms with Gasteiger partial charge >= 0.3 is 0 Å². The Morgan fingerprint density at radius 1 is 1.38 bits per heavy atom. The van der Waals surface area contributed by atoms with Crippen LogP contribution < -0.4 is 0 Å². The highest BCUT2D eigenvalue weighted by Gasteiger charge is 2.04. The highest BCUT2D eigenvalue weighted by atomic mass is 16.3. The van der Waals surface area contributed by atoms with Gasteiger partial charge in [-0.15, -0.1) is 0 Å². The van der Waals surface area contributed by atoms with Crippen LogP contribution >= 0.6 is 0 Å². The molecule has 68 valence electrons. The lowest BCUT2D eigenvalue weighted by Crippen LogP contribution is -1.99. The van der Waals surface area contributed by atoms with Crippen LogP contribution in [0.5, 0.6) is 5.75 Å². The quantitative estimate of drug-likeness (QED) is 0.767. The fourth-order valence-corrected chi connectivity index (χ4v) is 1.20. The Bertz CT molecular complexity index is 297. The van der Waals surface area contributed by atoms with Crippen LogP contribution in [0.15, 0.2) is 24.3 Å². The molecule has 0 saturated heterocycles. The minimum Gasteiger partial charge on any atom is -0.508 e. The van der Waals surface area contributed by atoms with Gasteiger partial charge in [-0.05, 0) is 30.5 Å². The van der Waals surface area contributed by atoms with Crippen molar-refractivity contribution in [1.29, 1.82) is 5.26 Å². The predicted octanol–water partition coefficient (Wildman–Crippen LogP) is 2.48. The van der Waals surface area contributed by atoms with Crippen LogP contribution in [-0.4, -0.2) is 5.11 Å². The third-order valence-electron chi connectivity index (χ3n) is 2.09. The minimum absolute atomic E-state index is 0.0875. The van der Waals surface area contributed by atoms with Gasteiger partial charge in [0.05, 0.1) is 12.0 Å². The maximum atomic E-state index is 9.04. The first kappa shape index (κ1) is 9.60.